The zero-order chi connectivity index (χ0) is 10.9. The Morgan fingerprint density at radius 2 is 1.47 bits per heavy atom. The highest BCUT2D eigenvalue weighted by molar-refractivity contribution is 5.86. The average molecular weight is 210 g/mol. The lowest BCUT2D eigenvalue weighted by Crippen LogP contribution is -2.01. The van der Waals surface area contributed by atoms with Gasteiger partial charge in [0.25, 0.3) is 0 Å². The first-order chi connectivity index (χ1) is 7.30. The fraction of sp³-hybridized carbons (Fsp3) is 0.769. The molecule has 0 aromatic heterocycles. The monoisotopic (exact) mass is 210 g/mol. The van der Waals surface area contributed by atoms with Crippen molar-refractivity contribution in [1.29, 1.82) is 0 Å². The van der Waals surface area contributed by atoms with Crippen molar-refractivity contribution in [3.8, 4) is 0 Å². The molecule has 0 amide bonds. The fourth-order valence-electron chi connectivity index (χ4n) is 2.09. The van der Waals surface area contributed by atoms with Gasteiger partial charge in [-0.05, 0) is 25.7 Å². The number of hydrogen-bond donors (Lipinski definition) is 1. The third-order valence-electron chi connectivity index (χ3n) is 3.07. The summed E-state index contributed by atoms with van der Waals surface area (Å²) in [5.74, 6) is -0.716. The molecule has 0 aromatic rings. The molecule has 0 fully saturated rings. The third-order valence-corrected chi connectivity index (χ3v) is 3.07. The van der Waals surface area contributed by atoms with Crippen LogP contribution in [0, 0.1) is 0 Å². The summed E-state index contributed by atoms with van der Waals surface area (Å²) in [7, 11) is 0. The first-order valence-electron chi connectivity index (χ1n) is 6.23. The van der Waals surface area contributed by atoms with E-state index in [2.05, 4.69) is 0 Å². The molecule has 0 heterocycles. The van der Waals surface area contributed by atoms with Crippen molar-refractivity contribution in [3.05, 3.63) is 11.6 Å². The molecule has 2 heteroatoms. The van der Waals surface area contributed by atoms with Gasteiger partial charge in [-0.25, -0.2) is 4.79 Å². The molecule has 0 atom stereocenters. The second-order valence-electron chi connectivity index (χ2n) is 4.40. The van der Waals surface area contributed by atoms with Crippen molar-refractivity contribution in [2.24, 2.45) is 0 Å². The van der Waals surface area contributed by atoms with Gasteiger partial charge in [-0.2, -0.15) is 0 Å². The van der Waals surface area contributed by atoms with Gasteiger partial charge in [-0.3, -0.25) is 0 Å². The summed E-state index contributed by atoms with van der Waals surface area (Å²) in [6, 6.07) is 0. The van der Waals surface area contributed by atoms with Crippen LogP contribution in [0.25, 0.3) is 0 Å². The van der Waals surface area contributed by atoms with Gasteiger partial charge in [0.2, 0.25) is 0 Å². The molecule has 15 heavy (non-hydrogen) atoms. The summed E-state index contributed by atoms with van der Waals surface area (Å²) in [5, 5.41) is 8.97. The number of carbonyl (C=O) groups is 1. The Morgan fingerprint density at radius 3 is 2.07 bits per heavy atom. The predicted octanol–water partition coefficient (Wildman–Crippen LogP) is 3.91. The highest BCUT2D eigenvalue weighted by atomic mass is 16.4. The van der Waals surface area contributed by atoms with Gasteiger partial charge < -0.3 is 5.11 Å². The van der Waals surface area contributed by atoms with Crippen molar-refractivity contribution >= 4 is 5.97 Å². The third kappa shape index (κ3) is 5.60. The molecule has 1 aliphatic carbocycles. The summed E-state index contributed by atoms with van der Waals surface area (Å²) < 4.78 is 0. The Labute approximate surface area is 92.4 Å². The molecule has 0 aliphatic heterocycles. The summed E-state index contributed by atoms with van der Waals surface area (Å²) >= 11 is 0. The van der Waals surface area contributed by atoms with Crippen molar-refractivity contribution < 1.29 is 9.90 Å². The van der Waals surface area contributed by atoms with Gasteiger partial charge in [0, 0.05) is 5.57 Å². The fourth-order valence-corrected chi connectivity index (χ4v) is 2.09. The Morgan fingerprint density at radius 1 is 0.933 bits per heavy atom. The van der Waals surface area contributed by atoms with Crippen LogP contribution in [0.15, 0.2) is 11.6 Å². The van der Waals surface area contributed by atoms with E-state index in [4.69, 9.17) is 5.11 Å². The molecular weight excluding hydrogens is 188 g/mol. The number of rotatable bonds is 1. The van der Waals surface area contributed by atoms with E-state index in [1.165, 1.54) is 38.5 Å². The lowest BCUT2D eigenvalue weighted by molar-refractivity contribution is -0.132. The van der Waals surface area contributed by atoms with Crippen LogP contribution in [-0.2, 0) is 4.79 Å². The SMILES string of the molecule is O=C(O)/C1=C\CCCCCCCCCC1. The van der Waals surface area contributed by atoms with Crippen LogP contribution >= 0.6 is 0 Å². The zero-order valence-electron chi connectivity index (χ0n) is 9.50. The minimum Gasteiger partial charge on any atom is -0.478 e. The van der Waals surface area contributed by atoms with Crippen molar-refractivity contribution in [2.45, 2.75) is 64.2 Å². The number of hydrogen-bond acceptors (Lipinski definition) is 1. The smallest absolute Gasteiger partial charge is 0.331 e. The van der Waals surface area contributed by atoms with Crippen molar-refractivity contribution in [1.82, 2.24) is 0 Å². The maximum atomic E-state index is 10.9. The van der Waals surface area contributed by atoms with Crippen molar-refractivity contribution in [2.75, 3.05) is 0 Å². The second kappa shape index (κ2) is 7.49. The number of carboxylic acids is 1. The maximum absolute atomic E-state index is 10.9. The molecule has 0 saturated carbocycles. The van der Waals surface area contributed by atoms with Crippen LogP contribution < -0.4 is 0 Å². The largest absolute Gasteiger partial charge is 0.478 e. The molecule has 0 bridgehead atoms. The van der Waals surface area contributed by atoms with E-state index in [1.807, 2.05) is 6.08 Å². The van der Waals surface area contributed by atoms with E-state index in [9.17, 15) is 4.79 Å². The highest BCUT2D eigenvalue weighted by Gasteiger charge is 2.06. The molecule has 1 rings (SSSR count). The van der Waals surface area contributed by atoms with Crippen LogP contribution in [0.5, 0.6) is 0 Å². The molecule has 0 radical (unpaired) electrons. The van der Waals surface area contributed by atoms with Gasteiger partial charge >= 0.3 is 5.97 Å². The molecule has 86 valence electrons. The van der Waals surface area contributed by atoms with E-state index >= 15 is 0 Å². The van der Waals surface area contributed by atoms with Gasteiger partial charge in [0.05, 0.1) is 0 Å². The first kappa shape index (κ1) is 12.3. The van der Waals surface area contributed by atoms with Crippen LogP contribution in [-0.4, -0.2) is 11.1 Å². The van der Waals surface area contributed by atoms with Crippen LogP contribution in [0.1, 0.15) is 64.2 Å². The Hall–Kier alpha value is -0.790. The molecular formula is C13H22O2. The summed E-state index contributed by atoms with van der Waals surface area (Å²) in [5.41, 5.74) is 0.635. The standard InChI is InChI=1S/C13H22O2/c14-13(15)12-10-8-6-4-2-1-3-5-7-9-11-12/h10H,1-9,11H2,(H,14,15)/b12-10-. The van der Waals surface area contributed by atoms with Crippen LogP contribution in [0.3, 0.4) is 0 Å². The summed E-state index contributed by atoms with van der Waals surface area (Å²) in [4.78, 5) is 10.9. The number of carboxylic acid groups (broad SMARTS) is 1. The van der Waals surface area contributed by atoms with Gasteiger partial charge in [0.15, 0.2) is 0 Å². The summed E-state index contributed by atoms with van der Waals surface area (Å²) in [6.07, 6.45) is 13.5. The molecule has 0 spiro atoms. The normalized spacial score (nSPS) is 24.4. The van der Waals surface area contributed by atoms with E-state index < -0.39 is 5.97 Å². The number of aliphatic carboxylic acids is 1. The minimum absolute atomic E-state index is 0.635. The molecule has 0 saturated heterocycles. The zero-order valence-corrected chi connectivity index (χ0v) is 9.50. The van der Waals surface area contributed by atoms with Crippen LogP contribution in [0.2, 0.25) is 0 Å². The average Bonchev–Trinajstić information content (AvgIpc) is 2.18. The Bertz CT molecular complexity index is 219. The molecule has 2 nitrogen and oxygen atoms in total. The Kier molecular flexibility index (Phi) is 6.14. The van der Waals surface area contributed by atoms with Gasteiger partial charge in [-0.15, -0.1) is 0 Å². The maximum Gasteiger partial charge on any atom is 0.331 e. The molecule has 0 aromatic carbocycles. The lowest BCUT2D eigenvalue weighted by Gasteiger charge is -2.06. The first-order valence-corrected chi connectivity index (χ1v) is 6.23. The van der Waals surface area contributed by atoms with E-state index in [0.717, 1.165) is 25.7 Å². The molecule has 1 aliphatic rings. The summed E-state index contributed by atoms with van der Waals surface area (Å²) in [6.45, 7) is 0. The van der Waals surface area contributed by atoms with E-state index in [0.29, 0.717) is 5.57 Å². The number of allylic oxidation sites excluding steroid dienone is 1. The van der Waals surface area contributed by atoms with Gasteiger partial charge in [-0.1, -0.05) is 44.6 Å². The molecule has 0 unspecified atom stereocenters. The Balaban J connectivity index is 2.42. The van der Waals surface area contributed by atoms with Crippen molar-refractivity contribution in [3.63, 3.8) is 0 Å². The lowest BCUT2D eigenvalue weighted by atomic mass is 10.0. The second-order valence-corrected chi connectivity index (χ2v) is 4.40. The van der Waals surface area contributed by atoms with Crippen LogP contribution in [0.4, 0.5) is 0 Å². The highest BCUT2D eigenvalue weighted by Crippen LogP contribution is 2.16. The molecule has 1 N–H and O–H groups in total. The topological polar surface area (TPSA) is 37.3 Å². The van der Waals surface area contributed by atoms with Gasteiger partial charge in [0.1, 0.15) is 0 Å². The quantitative estimate of drug-likeness (QED) is 0.712. The van der Waals surface area contributed by atoms with E-state index in [-0.39, 0.29) is 0 Å². The predicted molar refractivity (Wildman–Crippen MR) is 61.9 cm³/mol. The van der Waals surface area contributed by atoms with E-state index in [1.54, 1.807) is 0 Å². The minimum atomic E-state index is -0.716.